The maximum atomic E-state index is 12.9. The van der Waals surface area contributed by atoms with Gasteiger partial charge in [-0.1, -0.05) is 39.8 Å². The lowest BCUT2D eigenvalue weighted by Crippen LogP contribution is -2.31. The van der Waals surface area contributed by atoms with Crippen molar-refractivity contribution in [3.8, 4) is 6.07 Å². The number of thioether (sulfide) groups is 1. The molecule has 8 heteroatoms. The molecule has 0 saturated carbocycles. The summed E-state index contributed by atoms with van der Waals surface area (Å²) in [5.74, 6) is -1.27. The fourth-order valence-corrected chi connectivity index (χ4v) is 4.10. The third-order valence-corrected chi connectivity index (χ3v) is 5.59. The van der Waals surface area contributed by atoms with E-state index in [4.69, 9.17) is 0 Å². The number of hydrogen-bond acceptors (Lipinski definition) is 4. The van der Waals surface area contributed by atoms with Crippen molar-refractivity contribution in [1.29, 1.82) is 5.26 Å². The Morgan fingerprint density at radius 3 is 2.75 bits per heavy atom. The summed E-state index contributed by atoms with van der Waals surface area (Å²) in [7, 11) is 0. The van der Waals surface area contributed by atoms with Gasteiger partial charge in [-0.3, -0.25) is 9.59 Å². The highest BCUT2D eigenvalue weighted by molar-refractivity contribution is 9.10. The first-order chi connectivity index (χ1) is 13.5. The maximum absolute atomic E-state index is 12.9. The van der Waals surface area contributed by atoms with Crippen molar-refractivity contribution in [3.05, 3.63) is 75.0 Å². The molecule has 3 rings (SSSR count). The van der Waals surface area contributed by atoms with Crippen LogP contribution in [0.4, 0.5) is 10.1 Å². The normalized spacial score (nSPS) is 16.3. The summed E-state index contributed by atoms with van der Waals surface area (Å²) in [5.41, 5.74) is 1.76. The van der Waals surface area contributed by atoms with Crippen molar-refractivity contribution in [2.24, 2.45) is 0 Å². The Kier molecular flexibility index (Phi) is 6.49. The summed E-state index contributed by atoms with van der Waals surface area (Å²) < 4.78 is 13.8. The number of nitriles is 1. The summed E-state index contributed by atoms with van der Waals surface area (Å²) in [6.45, 7) is 0. The van der Waals surface area contributed by atoms with Crippen molar-refractivity contribution in [2.45, 2.75) is 12.3 Å². The number of rotatable bonds is 5. The van der Waals surface area contributed by atoms with Gasteiger partial charge in [-0.25, -0.2) is 4.39 Å². The van der Waals surface area contributed by atoms with E-state index in [0.29, 0.717) is 16.3 Å². The first kappa shape index (κ1) is 20.1. The maximum Gasteiger partial charge on any atom is 0.234 e. The molecule has 1 heterocycles. The molecule has 0 radical (unpaired) electrons. The molecule has 5 nitrogen and oxygen atoms in total. The summed E-state index contributed by atoms with van der Waals surface area (Å²) in [5, 5.41) is 15.4. The second kappa shape index (κ2) is 9.04. The van der Waals surface area contributed by atoms with E-state index in [0.717, 1.165) is 21.8 Å². The van der Waals surface area contributed by atoms with Crippen LogP contribution in [-0.4, -0.2) is 17.6 Å². The smallest absolute Gasteiger partial charge is 0.234 e. The summed E-state index contributed by atoms with van der Waals surface area (Å²) in [6.07, 6.45) is 0.172. The predicted molar refractivity (Wildman–Crippen MR) is 110 cm³/mol. The van der Waals surface area contributed by atoms with Gasteiger partial charge in [0.05, 0.1) is 22.4 Å². The molecular formula is C20H15BrFN3O2S. The van der Waals surface area contributed by atoms with Gasteiger partial charge in [0.15, 0.2) is 0 Å². The van der Waals surface area contributed by atoms with E-state index < -0.39 is 0 Å². The first-order valence-electron chi connectivity index (χ1n) is 8.34. The van der Waals surface area contributed by atoms with Gasteiger partial charge in [-0.05, 0) is 42.0 Å². The molecule has 0 aliphatic carbocycles. The number of carbonyl (C=O) groups is 2. The lowest BCUT2D eigenvalue weighted by molar-refractivity contribution is -0.121. The number of benzene rings is 2. The topological polar surface area (TPSA) is 82.0 Å². The number of hydrogen-bond donors (Lipinski definition) is 2. The van der Waals surface area contributed by atoms with Gasteiger partial charge in [0.2, 0.25) is 11.8 Å². The Morgan fingerprint density at radius 1 is 1.32 bits per heavy atom. The van der Waals surface area contributed by atoms with Crippen molar-refractivity contribution < 1.29 is 14.0 Å². The van der Waals surface area contributed by atoms with Crippen LogP contribution >= 0.6 is 27.7 Å². The number of amides is 2. The summed E-state index contributed by atoms with van der Waals surface area (Å²) in [4.78, 5) is 24.3. The van der Waals surface area contributed by atoms with E-state index in [9.17, 15) is 19.2 Å². The van der Waals surface area contributed by atoms with E-state index in [1.165, 1.54) is 24.3 Å². The molecule has 2 N–H and O–H groups in total. The van der Waals surface area contributed by atoms with Crippen LogP contribution in [0.1, 0.15) is 17.9 Å². The van der Waals surface area contributed by atoms with E-state index in [1.54, 1.807) is 0 Å². The van der Waals surface area contributed by atoms with Gasteiger partial charge in [0.1, 0.15) is 5.82 Å². The number of nitrogens with zero attached hydrogens (tertiary/aromatic N) is 1. The predicted octanol–water partition coefficient (Wildman–Crippen LogP) is 4.30. The second-order valence-corrected chi connectivity index (χ2v) is 7.96. The first-order valence-corrected chi connectivity index (χ1v) is 10.1. The molecule has 1 atom stereocenters. The van der Waals surface area contributed by atoms with Crippen LogP contribution < -0.4 is 10.6 Å². The molecule has 1 aliphatic heterocycles. The SMILES string of the molecule is N#CC1=C(SCC(=O)Nc2ccc(F)cc2)NC(=O)C[C@@H]1c1cccc(Br)c1. The van der Waals surface area contributed by atoms with Crippen molar-refractivity contribution in [3.63, 3.8) is 0 Å². The lowest BCUT2D eigenvalue weighted by atomic mass is 9.87. The zero-order valence-corrected chi connectivity index (χ0v) is 16.9. The number of allylic oxidation sites excluding steroid dienone is 1. The molecule has 0 bridgehead atoms. The number of carbonyl (C=O) groups excluding carboxylic acids is 2. The van der Waals surface area contributed by atoms with Gasteiger partial charge in [0, 0.05) is 22.5 Å². The van der Waals surface area contributed by atoms with E-state index >= 15 is 0 Å². The fourth-order valence-electron chi connectivity index (χ4n) is 2.81. The third kappa shape index (κ3) is 5.00. The van der Waals surface area contributed by atoms with Crippen LogP contribution in [-0.2, 0) is 9.59 Å². The minimum absolute atomic E-state index is 0.00335. The van der Waals surface area contributed by atoms with Gasteiger partial charge in [0.25, 0.3) is 0 Å². The van der Waals surface area contributed by atoms with E-state index in [-0.39, 0.29) is 35.7 Å². The zero-order valence-electron chi connectivity index (χ0n) is 14.5. The molecule has 2 aromatic rings. The molecule has 2 aromatic carbocycles. The highest BCUT2D eigenvalue weighted by Gasteiger charge is 2.30. The van der Waals surface area contributed by atoms with Crippen LogP contribution in [0.25, 0.3) is 0 Å². The molecule has 2 amide bonds. The van der Waals surface area contributed by atoms with E-state index in [2.05, 4.69) is 32.6 Å². The van der Waals surface area contributed by atoms with Crippen LogP contribution in [0.3, 0.4) is 0 Å². The largest absolute Gasteiger partial charge is 0.325 e. The molecule has 1 aliphatic rings. The number of anilines is 1. The Bertz CT molecular complexity index is 986. The average molecular weight is 460 g/mol. The standard InChI is InChI=1S/C20H15BrFN3O2S/c21-13-3-1-2-12(8-13)16-9-18(26)25-20(17(16)10-23)28-11-19(27)24-15-6-4-14(22)5-7-15/h1-8,16H,9,11H2,(H,24,27)(H,25,26)/t16-/m1/s1. The minimum Gasteiger partial charge on any atom is -0.325 e. The number of nitrogens with one attached hydrogen (secondary N) is 2. The molecule has 0 saturated heterocycles. The van der Waals surface area contributed by atoms with Crippen LogP contribution in [0, 0.1) is 17.1 Å². The Morgan fingerprint density at radius 2 is 2.07 bits per heavy atom. The van der Waals surface area contributed by atoms with Gasteiger partial charge in [-0.15, -0.1) is 0 Å². The van der Waals surface area contributed by atoms with Crippen molar-refractivity contribution >= 4 is 45.2 Å². The van der Waals surface area contributed by atoms with E-state index in [1.807, 2.05) is 24.3 Å². The quantitative estimate of drug-likeness (QED) is 0.698. The minimum atomic E-state index is -0.389. The average Bonchev–Trinajstić information content (AvgIpc) is 2.67. The van der Waals surface area contributed by atoms with Crippen LogP contribution in [0.2, 0.25) is 0 Å². The van der Waals surface area contributed by atoms with Crippen LogP contribution in [0.15, 0.2) is 63.6 Å². The molecule has 28 heavy (non-hydrogen) atoms. The molecular weight excluding hydrogens is 445 g/mol. The third-order valence-electron chi connectivity index (χ3n) is 4.08. The molecule has 0 unspecified atom stereocenters. The summed E-state index contributed by atoms with van der Waals surface area (Å²) >= 11 is 4.50. The molecule has 0 aromatic heterocycles. The Labute approximate surface area is 174 Å². The highest BCUT2D eigenvalue weighted by atomic mass is 79.9. The highest BCUT2D eigenvalue weighted by Crippen LogP contribution is 2.36. The van der Waals surface area contributed by atoms with Gasteiger partial charge < -0.3 is 10.6 Å². The van der Waals surface area contributed by atoms with Crippen LogP contribution in [0.5, 0.6) is 0 Å². The number of halogens is 2. The monoisotopic (exact) mass is 459 g/mol. The molecule has 0 fully saturated rings. The zero-order chi connectivity index (χ0) is 20.1. The Balaban J connectivity index is 1.74. The van der Waals surface area contributed by atoms with Gasteiger partial charge >= 0.3 is 0 Å². The molecule has 0 spiro atoms. The van der Waals surface area contributed by atoms with Crippen molar-refractivity contribution in [1.82, 2.24) is 5.32 Å². The van der Waals surface area contributed by atoms with Crippen molar-refractivity contribution in [2.75, 3.05) is 11.1 Å². The fraction of sp³-hybridized carbons (Fsp3) is 0.150. The molecule has 142 valence electrons. The Hall–Kier alpha value is -2.63. The van der Waals surface area contributed by atoms with Gasteiger partial charge in [-0.2, -0.15) is 5.26 Å². The second-order valence-electron chi connectivity index (χ2n) is 6.06. The lowest BCUT2D eigenvalue weighted by Gasteiger charge is -2.25. The summed E-state index contributed by atoms with van der Waals surface area (Å²) in [6, 6.07) is 15.1.